The number of fused-ring (bicyclic) bond motifs is 1. The third kappa shape index (κ3) is 5.35. The van der Waals surface area contributed by atoms with Crippen LogP contribution in [0, 0.1) is 0 Å². The van der Waals surface area contributed by atoms with Gasteiger partial charge in [-0.1, -0.05) is 26.0 Å². The van der Waals surface area contributed by atoms with Crippen LogP contribution < -0.4 is 20.9 Å². The molecule has 1 aliphatic rings. The highest BCUT2D eigenvalue weighted by Gasteiger charge is 2.29. The van der Waals surface area contributed by atoms with E-state index in [9.17, 15) is 18.0 Å². The fourth-order valence-electron chi connectivity index (χ4n) is 5.45. The molecule has 1 saturated heterocycles. The maximum Gasteiger partial charge on any atom is 0.331 e. The lowest BCUT2D eigenvalue weighted by molar-refractivity contribution is 0.405. The number of anilines is 1. The van der Waals surface area contributed by atoms with E-state index in [0.29, 0.717) is 36.2 Å². The van der Waals surface area contributed by atoms with Crippen LogP contribution in [0.15, 0.2) is 62.3 Å². The number of H-pyrrole nitrogens is 1. The first-order chi connectivity index (χ1) is 18.7. The van der Waals surface area contributed by atoms with Crippen LogP contribution in [-0.4, -0.2) is 41.2 Å². The predicted octanol–water partition coefficient (Wildman–Crippen LogP) is 4.38. The maximum atomic E-state index is 13.2. The molecule has 5 rings (SSSR count). The van der Waals surface area contributed by atoms with Gasteiger partial charge in [0.15, 0.2) is 0 Å². The maximum absolute atomic E-state index is 13.2. The average molecular weight is 570 g/mol. The quantitative estimate of drug-likeness (QED) is 0.311. The van der Waals surface area contributed by atoms with Gasteiger partial charge in [-0.15, -0.1) is 11.3 Å². The van der Waals surface area contributed by atoms with Crippen molar-refractivity contribution in [2.24, 2.45) is 0 Å². The van der Waals surface area contributed by atoms with Crippen molar-refractivity contribution in [3.63, 3.8) is 0 Å². The van der Waals surface area contributed by atoms with Crippen LogP contribution in [0.25, 0.3) is 22.3 Å². The van der Waals surface area contributed by atoms with Crippen LogP contribution in [0.5, 0.6) is 0 Å². The van der Waals surface area contributed by atoms with Crippen molar-refractivity contribution in [2.75, 3.05) is 11.4 Å². The molecule has 0 saturated carbocycles. The third-order valence-electron chi connectivity index (χ3n) is 7.37. The number of nitrogens with zero attached hydrogens (tertiary/aromatic N) is 3. The van der Waals surface area contributed by atoms with E-state index in [2.05, 4.69) is 33.0 Å². The first kappa shape index (κ1) is 27.4. The van der Waals surface area contributed by atoms with Gasteiger partial charge in [0.2, 0.25) is 10.0 Å². The van der Waals surface area contributed by atoms with E-state index in [1.54, 1.807) is 46.2 Å². The number of aromatic nitrogens is 3. The topological polar surface area (TPSA) is 109 Å². The van der Waals surface area contributed by atoms with Crippen LogP contribution in [-0.2, 0) is 23.1 Å². The smallest absolute Gasteiger partial charge is 0.331 e. The largest absolute Gasteiger partial charge is 0.361 e. The summed E-state index contributed by atoms with van der Waals surface area (Å²) in [7, 11) is -3.69. The van der Waals surface area contributed by atoms with Gasteiger partial charge in [-0.05, 0) is 73.9 Å². The Morgan fingerprint density at radius 1 is 1.05 bits per heavy atom. The van der Waals surface area contributed by atoms with Crippen LogP contribution >= 0.6 is 11.3 Å². The molecule has 1 fully saturated rings. The average Bonchev–Trinajstić information content (AvgIpc) is 3.60. The molecule has 0 radical (unpaired) electrons. The molecule has 0 spiro atoms. The number of hydrogen-bond acceptors (Lipinski definition) is 6. The van der Waals surface area contributed by atoms with Crippen molar-refractivity contribution in [1.82, 2.24) is 18.8 Å². The highest BCUT2D eigenvalue weighted by atomic mass is 32.2. The van der Waals surface area contributed by atoms with Gasteiger partial charge in [-0.25, -0.2) is 17.9 Å². The zero-order chi connectivity index (χ0) is 27.7. The number of nitrogens with one attached hydrogen (secondary N) is 2. The number of hydrogen-bond donors (Lipinski definition) is 2. The SMILES string of the molecule is CCCn1c(=O)c2[nH]c(-c3ccc(S(=O)(=O)NC4CCN(c5cccs5)C(C)C4)cc3)cc2n(CCC)c1=O. The summed E-state index contributed by atoms with van der Waals surface area (Å²) in [5.74, 6) is 0. The third-order valence-corrected chi connectivity index (χ3v) is 9.81. The minimum absolute atomic E-state index is 0.129. The van der Waals surface area contributed by atoms with Crippen molar-refractivity contribution in [2.45, 2.75) is 76.5 Å². The Hall–Kier alpha value is -3.15. The molecule has 11 heteroatoms. The summed E-state index contributed by atoms with van der Waals surface area (Å²) in [6, 6.07) is 12.7. The fraction of sp³-hybridized carbons (Fsp3) is 0.429. The van der Waals surface area contributed by atoms with Gasteiger partial charge in [-0.2, -0.15) is 0 Å². The molecule has 4 heterocycles. The van der Waals surface area contributed by atoms with Gasteiger partial charge in [-0.3, -0.25) is 13.9 Å². The lowest BCUT2D eigenvalue weighted by atomic mass is 9.99. The van der Waals surface area contributed by atoms with Gasteiger partial charge in [0, 0.05) is 37.4 Å². The lowest BCUT2D eigenvalue weighted by Gasteiger charge is -2.38. The Bertz CT molecular complexity index is 1670. The molecule has 0 amide bonds. The van der Waals surface area contributed by atoms with E-state index in [1.807, 2.05) is 19.9 Å². The van der Waals surface area contributed by atoms with E-state index >= 15 is 0 Å². The first-order valence-electron chi connectivity index (χ1n) is 13.5. The Morgan fingerprint density at radius 2 is 1.77 bits per heavy atom. The summed E-state index contributed by atoms with van der Waals surface area (Å²) in [5.41, 5.74) is 1.71. The monoisotopic (exact) mass is 569 g/mol. The minimum atomic E-state index is -3.69. The number of aromatic amines is 1. The second-order valence-corrected chi connectivity index (χ2v) is 12.8. The number of rotatable bonds is 9. The number of sulfonamides is 1. The first-order valence-corrected chi connectivity index (χ1v) is 15.9. The highest BCUT2D eigenvalue weighted by Crippen LogP contribution is 2.29. The number of benzene rings is 1. The van der Waals surface area contributed by atoms with Crippen molar-refractivity contribution < 1.29 is 8.42 Å². The minimum Gasteiger partial charge on any atom is -0.361 e. The second kappa shape index (κ2) is 11.1. The van der Waals surface area contributed by atoms with Crippen LogP contribution in [0.2, 0.25) is 0 Å². The predicted molar refractivity (Wildman–Crippen MR) is 157 cm³/mol. The Balaban J connectivity index is 1.37. The summed E-state index contributed by atoms with van der Waals surface area (Å²) in [5, 5.41) is 3.27. The van der Waals surface area contributed by atoms with Gasteiger partial charge in [0.25, 0.3) is 5.56 Å². The molecule has 2 unspecified atom stereocenters. The molecule has 2 atom stereocenters. The molecule has 3 aromatic heterocycles. The zero-order valence-electron chi connectivity index (χ0n) is 22.5. The highest BCUT2D eigenvalue weighted by molar-refractivity contribution is 7.89. The van der Waals surface area contributed by atoms with Crippen molar-refractivity contribution >= 4 is 37.4 Å². The number of aryl methyl sites for hydroxylation is 1. The number of piperidine rings is 1. The van der Waals surface area contributed by atoms with Crippen LogP contribution in [0.1, 0.15) is 46.5 Å². The van der Waals surface area contributed by atoms with Crippen molar-refractivity contribution in [3.8, 4) is 11.3 Å². The lowest BCUT2D eigenvalue weighted by Crippen LogP contribution is -2.48. The van der Waals surface area contributed by atoms with Crippen LogP contribution in [0.3, 0.4) is 0 Å². The number of thiophene rings is 1. The standard InChI is InChI=1S/C28H35N5O4S2/c1-4-13-32-24-18-23(29-26(24)27(34)33(14-5-2)28(32)35)20-8-10-22(11-9-20)39(36,37)30-21-12-15-31(19(3)17-21)25-7-6-16-38-25/h6-11,16,18-19,21,29-30H,4-5,12-15,17H2,1-3H3. The van der Waals surface area contributed by atoms with E-state index in [0.717, 1.165) is 31.4 Å². The van der Waals surface area contributed by atoms with Crippen LogP contribution in [0.4, 0.5) is 5.00 Å². The summed E-state index contributed by atoms with van der Waals surface area (Å²) >= 11 is 1.70. The second-order valence-electron chi connectivity index (χ2n) is 10.2. The molecule has 1 aliphatic heterocycles. The molecule has 1 aromatic carbocycles. The van der Waals surface area contributed by atoms with E-state index in [1.165, 1.54) is 9.57 Å². The van der Waals surface area contributed by atoms with E-state index in [-0.39, 0.29) is 28.2 Å². The Labute approximate surface area is 232 Å². The van der Waals surface area contributed by atoms with Gasteiger partial charge in [0.05, 0.1) is 15.4 Å². The molecule has 0 aliphatic carbocycles. The van der Waals surface area contributed by atoms with Gasteiger partial charge >= 0.3 is 5.69 Å². The van der Waals surface area contributed by atoms with Gasteiger partial charge in [0.1, 0.15) is 5.52 Å². The van der Waals surface area contributed by atoms with Crippen molar-refractivity contribution in [1.29, 1.82) is 0 Å². The summed E-state index contributed by atoms with van der Waals surface area (Å²) in [6.07, 6.45) is 2.91. The molecular weight excluding hydrogens is 534 g/mol. The summed E-state index contributed by atoms with van der Waals surface area (Å²) < 4.78 is 32.2. The Morgan fingerprint density at radius 3 is 2.41 bits per heavy atom. The summed E-state index contributed by atoms with van der Waals surface area (Å²) in [4.78, 5) is 31.8. The molecular formula is C28H35N5O4S2. The molecule has 9 nitrogen and oxygen atoms in total. The molecule has 2 N–H and O–H groups in total. The Kier molecular flexibility index (Phi) is 7.84. The molecule has 39 heavy (non-hydrogen) atoms. The molecule has 4 aromatic rings. The van der Waals surface area contributed by atoms with E-state index < -0.39 is 10.0 Å². The summed E-state index contributed by atoms with van der Waals surface area (Å²) in [6.45, 7) is 7.71. The molecule has 0 bridgehead atoms. The van der Waals surface area contributed by atoms with E-state index in [4.69, 9.17) is 0 Å². The zero-order valence-corrected chi connectivity index (χ0v) is 24.1. The normalized spacial score (nSPS) is 18.2. The molecule has 208 valence electrons. The fourth-order valence-corrected chi connectivity index (χ4v) is 7.59. The van der Waals surface area contributed by atoms with Gasteiger partial charge < -0.3 is 9.88 Å². The van der Waals surface area contributed by atoms with Crippen molar-refractivity contribution in [3.05, 3.63) is 68.7 Å².